The van der Waals surface area contributed by atoms with Crippen LogP contribution in [0.4, 0.5) is 5.69 Å². The molecule has 0 radical (unpaired) electrons. The Labute approximate surface area is 126 Å². The number of hydrogen-bond donors (Lipinski definition) is 1. The van der Waals surface area contributed by atoms with Gasteiger partial charge in [-0.25, -0.2) is 0 Å². The molecule has 4 heteroatoms. The number of likely N-dealkylation sites (tertiary alicyclic amines) is 1. The monoisotopic (exact) mass is 284 g/mol. The number of pyridine rings is 1. The van der Waals surface area contributed by atoms with Gasteiger partial charge in [0.1, 0.15) is 0 Å². The van der Waals surface area contributed by atoms with Crippen molar-refractivity contribution in [3.8, 4) is 0 Å². The molecule has 1 aliphatic rings. The molecule has 2 heterocycles. The second kappa shape index (κ2) is 6.00. The summed E-state index contributed by atoms with van der Waals surface area (Å²) < 4.78 is 0. The normalized spacial score (nSPS) is 20.2. The average molecular weight is 284 g/mol. The van der Waals surface area contributed by atoms with Gasteiger partial charge < -0.3 is 10.6 Å². The van der Waals surface area contributed by atoms with Crippen LogP contribution in [0.5, 0.6) is 0 Å². The van der Waals surface area contributed by atoms with Crippen LogP contribution in [0.15, 0.2) is 30.5 Å². The minimum Gasteiger partial charge on any atom is -0.398 e. The van der Waals surface area contributed by atoms with E-state index in [-0.39, 0.29) is 0 Å². The number of rotatable bonds is 3. The molecule has 0 spiro atoms. The molecule has 3 rings (SSSR count). The second-order valence-electron chi connectivity index (χ2n) is 6.21. The Morgan fingerprint density at radius 1 is 1.33 bits per heavy atom. The Morgan fingerprint density at radius 3 is 3.00 bits per heavy atom. The van der Waals surface area contributed by atoms with Crippen LogP contribution < -0.4 is 5.73 Å². The van der Waals surface area contributed by atoms with Gasteiger partial charge in [0.2, 0.25) is 0 Å². The molecule has 1 aliphatic heterocycles. The molecule has 1 aromatic heterocycles. The third-order valence-electron chi connectivity index (χ3n) is 4.49. The summed E-state index contributed by atoms with van der Waals surface area (Å²) in [5.41, 5.74) is 9.19. The molecule has 2 aromatic rings. The summed E-state index contributed by atoms with van der Waals surface area (Å²) >= 11 is 0. The highest BCUT2D eigenvalue weighted by atomic mass is 15.2. The summed E-state index contributed by atoms with van der Waals surface area (Å²) in [5.74, 6) is 0. The fourth-order valence-corrected chi connectivity index (χ4v) is 3.22. The summed E-state index contributed by atoms with van der Waals surface area (Å²) in [5, 5.41) is 1.07. The number of anilines is 1. The average Bonchev–Trinajstić information content (AvgIpc) is 2.51. The quantitative estimate of drug-likeness (QED) is 0.879. The van der Waals surface area contributed by atoms with E-state index in [1.54, 1.807) is 0 Å². The maximum absolute atomic E-state index is 6.06. The van der Waals surface area contributed by atoms with Crippen LogP contribution in [0.3, 0.4) is 0 Å². The van der Waals surface area contributed by atoms with Crippen LogP contribution in [0.25, 0.3) is 10.9 Å². The number of piperidine rings is 1. The minimum absolute atomic E-state index is 0.659. The first-order valence-corrected chi connectivity index (χ1v) is 7.66. The minimum atomic E-state index is 0.659. The maximum Gasteiger partial charge on any atom is 0.0767 e. The Kier molecular flexibility index (Phi) is 4.08. The molecule has 1 atom stereocenters. The predicted octanol–water partition coefficient (Wildman–Crippen LogP) is 2.34. The summed E-state index contributed by atoms with van der Waals surface area (Å²) in [6, 6.07) is 8.80. The van der Waals surface area contributed by atoms with Gasteiger partial charge in [-0.1, -0.05) is 6.07 Å². The Bertz CT molecular complexity index is 623. The van der Waals surface area contributed by atoms with Gasteiger partial charge in [0.15, 0.2) is 0 Å². The van der Waals surface area contributed by atoms with Crippen molar-refractivity contribution in [1.29, 1.82) is 0 Å². The van der Waals surface area contributed by atoms with Crippen molar-refractivity contribution in [2.45, 2.75) is 25.4 Å². The maximum atomic E-state index is 6.06. The highest BCUT2D eigenvalue weighted by Crippen LogP contribution is 2.25. The molecule has 2 N–H and O–H groups in total. The third kappa shape index (κ3) is 3.01. The topological polar surface area (TPSA) is 45.4 Å². The van der Waals surface area contributed by atoms with E-state index in [0.717, 1.165) is 29.7 Å². The summed E-state index contributed by atoms with van der Waals surface area (Å²) in [4.78, 5) is 9.42. The molecule has 112 valence electrons. The summed E-state index contributed by atoms with van der Waals surface area (Å²) in [7, 11) is 4.35. The van der Waals surface area contributed by atoms with Crippen molar-refractivity contribution < 1.29 is 0 Å². The van der Waals surface area contributed by atoms with Gasteiger partial charge in [0.25, 0.3) is 0 Å². The van der Waals surface area contributed by atoms with Crippen LogP contribution in [-0.4, -0.2) is 48.0 Å². The number of nitrogen functional groups attached to an aromatic ring is 1. The molecular formula is C17H24N4. The Balaban J connectivity index is 1.83. The van der Waals surface area contributed by atoms with Crippen LogP contribution in [0.1, 0.15) is 18.4 Å². The van der Waals surface area contributed by atoms with Gasteiger partial charge in [-0.3, -0.25) is 9.88 Å². The summed E-state index contributed by atoms with van der Waals surface area (Å²) in [6.07, 6.45) is 4.41. The third-order valence-corrected chi connectivity index (χ3v) is 4.49. The van der Waals surface area contributed by atoms with Gasteiger partial charge in [-0.2, -0.15) is 0 Å². The lowest BCUT2D eigenvalue weighted by atomic mass is 10.0. The van der Waals surface area contributed by atoms with Crippen LogP contribution in [0, 0.1) is 0 Å². The Hall–Kier alpha value is -1.65. The van der Waals surface area contributed by atoms with Crippen LogP contribution in [-0.2, 0) is 6.54 Å². The van der Waals surface area contributed by atoms with E-state index in [1.165, 1.54) is 24.9 Å². The van der Waals surface area contributed by atoms with Gasteiger partial charge in [-0.05, 0) is 57.2 Å². The molecule has 0 aliphatic carbocycles. The first kappa shape index (κ1) is 14.3. The van der Waals surface area contributed by atoms with E-state index in [4.69, 9.17) is 5.73 Å². The number of aromatic nitrogens is 1. The highest BCUT2D eigenvalue weighted by Gasteiger charge is 2.21. The van der Waals surface area contributed by atoms with E-state index < -0.39 is 0 Å². The lowest BCUT2D eigenvalue weighted by molar-refractivity contribution is 0.128. The molecule has 0 amide bonds. The first-order chi connectivity index (χ1) is 10.1. The van der Waals surface area contributed by atoms with Crippen molar-refractivity contribution in [2.24, 2.45) is 0 Å². The molecule has 0 bridgehead atoms. The van der Waals surface area contributed by atoms with Crippen molar-refractivity contribution in [3.05, 3.63) is 36.0 Å². The van der Waals surface area contributed by atoms with Gasteiger partial charge in [-0.15, -0.1) is 0 Å². The standard InChI is InChI=1S/C17H24N4/c1-20(2)14-5-4-10-21(12-14)11-13-7-8-16(18)15-6-3-9-19-17(13)15/h3,6-9,14H,4-5,10-12,18H2,1-2H3. The van der Waals surface area contributed by atoms with Gasteiger partial charge in [0.05, 0.1) is 5.52 Å². The number of hydrogen-bond acceptors (Lipinski definition) is 4. The fourth-order valence-electron chi connectivity index (χ4n) is 3.22. The zero-order chi connectivity index (χ0) is 14.8. The number of likely N-dealkylation sites (N-methyl/N-ethyl adjacent to an activating group) is 1. The van der Waals surface area contributed by atoms with E-state index in [1.807, 2.05) is 18.3 Å². The molecule has 4 nitrogen and oxygen atoms in total. The van der Waals surface area contributed by atoms with E-state index in [2.05, 4.69) is 41.0 Å². The zero-order valence-corrected chi connectivity index (χ0v) is 12.9. The molecule has 1 aromatic carbocycles. The van der Waals surface area contributed by atoms with Crippen molar-refractivity contribution in [2.75, 3.05) is 32.9 Å². The molecule has 1 unspecified atom stereocenters. The smallest absolute Gasteiger partial charge is 0.0767 e. The molecule has 0 saturated carbocycles. The number of fused-ring (bicyclic) bond motifs is 1. The number of nitrogens with two attached hydrogens (primary N) is 1. The zero-order valence-electron chi connectivity index (χ0n) is 12.9. The second-order valence-corrected chi connectivity index (χ2v) is 6.21. The number of benzene rings is 1. The van der Waals surface area contributed by atoms with Crippen LogP contribution in [0.2, 0.25) is 0 Å². The predicted molar refractivity (Wildman–Crippen MR) is 88.1 cm³/mol. The molecule has 1 saturated heterocycles. The molecule has 1 fully saturated rings. The van der Waals surface area contributed by atoms with Gasteiger partial charge in [0, 0.05) is 36.4 Å². The Morgan fingerprint density at radius 2 is 2.19 bits per heavy atom. The van der Waals surface area contributed by atoms with E-state index in [9.17, 15) is 0 Å². The SMILES string of the molecule is CN(C)C1CCCN(Cc2ccc(N)c3cccnc23)C1. The van der Waals surface area contributed by atoms with Crippen molar-refractivity contribution in [1.82, 2.24) is 14.8 Å². The lowest BCUT2D eigenvalue weighted by Gasteiger charge is -2.36. The van der Waals surface area contributed by atoms with E-state index in [0.29, 0.717) is 6.04 Å². The molecule has 21 heavy (non-hydrogen) atoms. The fraction of sp³-hybridized carbons (Fsp3) is 0.471. The van der Waals surface area contributed by atoms with Crippen LogP contribution >= 0.6 is 0 Å². The summed E-state index contributed by atoms with van der Waals surface area (Å²) in [6.45, 7) is 3.26. The largest absolute Gasteiger partial charge is 0.398 e. The lowest BCUT2D eigenvalue weighted by Crippen LogP contribution is -2.44. The van der Waals surface area contributed by atoms with Crippen molar-refractivity contribution >= 4 is 16.6 Å². The first-order valence-electron chi connectivity index (χ1n) is 7.66. The van der Waals surface area contributed by atoms with Gasteiger partial charge >= 0.3 is 0 Å². The molecular weight excluding hydrogens is 260 g/mol. The number of nitrogens with zero attached hydrogens (tertiary/aromatic N) is 3. The van der Waals surface area contributed by atoms with E-state index >= 15 is 0 Å². The van der Waals surface area contributed by atoms with Crippen molar-refractivity contribution in [3.63, 3.8) is 0 Å². The highest BCUT2D eigenvalue weighted by molar-refractivity contribution is 5.92.